The van der Waals surface area contributed by atoms with Crippen LogP contribution in [0.25, 0.3) is 10.9 Å². The SMILES string of the molecule is Cc1cc(C)c2[nH]c(=O)c(CN(CC3COCCO3)C(=O)Nc3ccccc3C)cc2c1. The molecule has 2 heterocycles. The van der Waals surface area contributed by atoms with Crippen LogP contribution in [-0.2, 0) is 16.0 Å². The van der Waals surface area contributed by atoms with Crippen molar-refractivity contribution in [1.29, 1.82) is 0 Å². The number of pyridine rings is 1. The number of hydrogen-bond donors (Lipinski definition) is 2. The van der Waals surface area contributed by atoms with Crippen LogP contribution in [0.5, 0.6) is 0 Å². The number of fused-ring (bicyclic) bond motifs is 1. The van der Waals surface area contributed by atoms with Crippen molar-refractivity contribution in [2.75, 3.05) is 31.7 Å². The predicted octanol–water partition coefficient (Wildman–Crippen LogP) is 3.90. The fourth-order valence-corrected chi connectivity index (χ4v) is 4.07. The molecule has 0 bridgehead atoms. The molecule has 168 valence electrons. The summed E-state index contributed by atoms with van der Waals surface area (Å²) in [5.41, 5.74) is 5.00. The van der Waals surface area contributed by atoms with Crippen LogP contribution in [0.1, 0.15) is 22.3 Å². The number of para-hydroxylation sites is 1. The standard InChI is InChI=1S/C25H29N3O4/c1-16-10-18(3)23-19(11-16)12-20(24(29)27-23)13-28(14-21-15-31-8-9-32-21)25(30)26-22-7-5-4-6-17(22)2/h4-7,10-12,21H,8-9,13-15H2,1-3H3,(H,26,30)(H,27,29). The van der Waals surface area contributed by atoms with Crippen molar-refractivity contribution in [3.05, 3.63) is 75.1 Å². The second-order valence-electron chi connectivity index (χ2n) is 8.36. The molecule has 1 saturated heterocycles. The summed E-state index contributed by atoms with van der Waals surface area (Å²) in [5, 5.41) is 3.93. The molecule has 1 unspecified atom stereocenters. The van der Waals surface area contributed by atoms with E-state index in [4.69, 9.17) is 9.47 Å². The normalized spacial score (nSPS) is 16.2. The zero-order valence-corrected chi connectivity index (χ0v) is 18.7. The molecule has 7 nitrogen and oxygen atoms in total. The first-order valence-corrected chi connectivity index (χ1v) is 10.8. The van der Waals surface area contributed by atoms with Gasteiger partial charge in [-0.3, -0.25) is 4.79 Å². The number of aromatic nitrogens is 1. The van der Waals surface area contributed by atoms with Gasteiger partial charge in [0.15, 0.2) is 0 Å². The van der Waals surface area contributed by atoms with E-state index in [1.807, 2.05) is 63.2 Å². The number of anilines is 1. The maximum Gasteiger partial charge on any atom is 0.322 e. The minimum atomic E-state index is -0.284. The fourth-order valence-electron chi connectivity index (χ4n) is 4.07. The molecule has 0 radical (unpaired) electrons. The molecule has 2 N–H and O–H groups in total. The van der Waals surface area contributed by atoms with Crippen molar-refractivity contribution in [3.8, 4) is 0 Å². The highest BCUT2D eigenvalue weighted by Crippen LogP contribution is 2.20. The third kappa shape index (κ3) is 5.00. The Morgan fingerprint density at radius 3 is 2.69 bits per heavy atom. The quantitative estimate of drug-likeness (QED) is 0.637. The minimum Gasteiger partial charge on any atom is -0.376 e. The number of nitrogens with one attached hydrogen (secondary N) is 2. The van der Waals surface area contributed by atoms with Gasteiger partial charge in [-0.15, -0.1) is 0 Å². The monoisotopic (exact) mass is 435 g/mol. The summed E-state index contributed by atoms with van der Waals surface area (Å²) in [6.45, 7) is 7.89. The molecule has 1 atom stereocenters. The summed E-state index contributed by atoms with van der Waals surface area (Å²) in [6, 6.07) is 13.3. The number of ether oxygens (including phenoxy) is 2. The van der Waals surface area contributed by atoms with E-state index < -0.39 is 0 Å². The van der Waals surface area contributed by atoms with E-state index >= 15 is 0 Å². The predicted molar refractivity (Wildman–Crippen MR) is 125 cm³/mol. The third-order valence-electron chi connectivity index (χ3n) is 5.71. The summed E-state index contributed by atoms with van der Waals surface area (Å²) in [5.74, 6) is 0. The van der Waals surface area contributed by atoms with Gasteiger partial charge in [0.1, 0.15) is 0 Å². The highest BCUT2D eigenvalue weighted by molar-refractivity contribution is 5.90. The average Bonchev–Trinajstić information content (AvgIpc) is 2.76. The van der Waals surface area contributed by atoms with Crippen molar-refractivity contribution in [2.45, 2.75) is 33.4 Å². The van der Waals surface area contributed by atoms with Gasteiger partial charge in [-0.05, 0) is 55.5 Å². The Balaban J connectivity index is 1.63. The summed E-state index contributed by atoms with van der Waals surface area (Å²) < 4.78 is 11.3. The Morgan fingerprint density at radius 1 is 1.12 bits per heavy atom. The van der Waals surface area contributed by atoms with Crippen molar-refractivity contribution in [2.24, 2.45) is 0 Å². The molecular formula is C25H29N3O4. The van der Waals surface area contributed by atoms with E-state index in [0.29, 0.717) is 31.9 Å². The first kappa shape index (κ1) is 22.0. The number of carbonyl (C=O) groups excluding carboxylic acids is 1. The molecule has 0 saturated carbocycles. The molecule has 0 aliphatic carbocycles. The number of nitrogens with zero attached hydrogens (tertiary/aromatic N) is 1. The lowest BCUT2D eigenvalue weighted by atomic mass is 10.1. The fraction of sp³-hybridized carbons (Fsp3) is 0.360. The lowest BCUT2D eigenvalue weighted by Gasteiger charge is -2.30. The van der Waals surface area contributed by atoms with E-state index in [2.05, 4.69) is 10.3 Å². The number of rotatable bonds is 5. The number of carbonyl (C=O) groups is 1. The van der Waals surface area contributed by atoms with Crippen molar-refractivity contribution >= 4 is 22.6 Å². The molecule has 7 heteroatoms. The summed E-state index contributed by atoms with van der Waals surface area (Å²) >= 11 is 0. The average molecular weight is 436 g/mol. The molecule has 1 aromatic heterocycles. The van der Waals surface area contributed by atoms with Crippen LogP contribution in [0.3, 0.4) is 0 Å². The third-order valence-corrected chi connectivity index (χ3v) is 5.71. The van der Waals surface area contributed by atoms with Gasteiger partial charge in [0.05, 0.1) is 44.5 Å². The lowest BCUT2D eigenvalue weighted by Crippen LogP contribution is -2.44. The number of aromatic amines is 1. The first-order chi connectivity index (χ1) is 15.4. The summed E-state index contributed by atoms with van der Waals surface area (Å²) in [6.07, 6.45) is -0.240. The van der Waals surface area contributed by atoms with Crippen LogP contribution < -0.4 is 10.9 Å². The second kappa shape index (κ2) is 9.54. The van der Waals surface area contributed by atoms with Gasteiger partial charge in [-0.1, -0.05) is 29.8 Å². The van der Waals surface area contributed by atoms with E-state index in [9.17, 15) is 9.59 Å². The topological polar surface area (TPSA) is 83.7 Å². The van der Waals surface area contributed by atoms with Gasteiger partial charge in [-0.25, -0.2) is 4.79 Å². The molecule has 1 fully saturated rings. The smallest absolute Gasteiger partial charge is 0.322 e. The zero-order chi connectivity index (χ0) is 22.7. The van der Waals surface area contributed by atoms with Gasteiger partial charge in [0, 0.05) is 11.3 Å². The molecule has 1 aliphatic heterocycles. The number of hydrogen-bond acceptors (Lipinski definition) is 4. The molecular weight excluding hydrogens is 406 g/mol. The van der Waals surface area contributed by atoms with Crippen LogP contribution in [0.2, 0.25) is 0 Å². The Bertz CT molecular complexity index is 1180. The van der Waals surface area contributed by atoms with Crippen molar-refractivity contribution in [1.82, 2.24) is 9.88 Å². The Morgan fingerprint density at radius 2 is 1.94 bits per heavy atom. The number of aryl methyl sites for hydroxylation is 3. The molecule has 1 aliphatic rings. The van der Waals surface area contributed by atoms with E-state index in [0.717, 1.165) is 33.3 Å². The summed E-state index contributed by atoms with van der Waals surface area (Å²) in [4.78, 5) is 30.7. The lowest BCUT2D eigenvalue weighted by molar-refractivity contribution is -0.0943. The van der Waals surface area contributed by atoms with Crippen LogP contribution >= 0.6 is 0 Å². The van der Waals surface area contributed by atoms with E-state index in [-0.39, 0.29) is 24.2 Å². The highest BCUT2D eigenvalue weighted by Gasteiger charge is 2.24. The van der Waals surface area contributed by atoms with E-state index in [1.165, 1.54) is 0 Å². The van der Waals surface area contributed by atoms with Crippen LogP contribution in [-0.4, -0.2) is 48.4 Å². The Labute approximate surface area is 187 Å². The van der Waals surface area contributed by atoms with Gasteiger partial charge >= 0.3 is 6.03 Å². The Kier molecular flexibility index (Phi) is 6.58. The molecule has 3 aromatic rings. The van der Waals surface area contributed by atoms with Crippen molar-refractivity contribution in [3.63, 3.8) is 0 Å². The van der Waals surface area contributed by atoms with Gasteiger partial charge in [0.25, 0.3) is 5.56 Å². The van der Waals surface area contributed by atoms with Crippen molar-refractivity contribution < 1.29 is 14.3 Å². The van der Waals surface area contributed by atoms with Crippen LogP contribution in [0.15, 0.2) is 47.3 Å². The number of benzene rings is 2. The van der Waals surface area contributed by atoms with Crippen LogP contribution in [0.4, 0.5) is 10.5 Å². The largest absolute Gasteiger partial charge is 0.376 e. The molecule has 32 heavy (non-hydrogen) atoms. The molecule has 0 spiro atoms. The summed E-state index contributed by atoms with van der Waals surface area (Å²) in [7, 11) is 0. The number of amides is 2. The molecule has 2 amide bonds. The Hall–Kier alpha value is -3.16. The molecule has 4 rings (SSSR count). The number of urea groups is 1. The van der Waals surface area contributed by atoms with Gasteiger partial charge in [0.2, 0.25) is 0 Å². The highest BCUT2D eigenvalue weighted by atomic mass is 16.6. The minimum absolute atomic E-state index is 0.163. The molecule has 2 aromatic carbocycles. The van der Waals surface area contributed by atoms with Gasteiger partial charge < -0.3 is 24.7 Å². The first-order valence-electron chi connectivity index (χ1n) is 10.8. The van der Waals surface area contributed by atoms with E-state index in [1.54, 1.807) is 4.90 Å². The van der Waals surface area contributed by atoms with Gasteiger partial charge in [-0.2, -0.15) is 0 Å². The zero-order valence-electron chi connectivity index (χ0n) is 18.7. The maximum atomic E-state index is 13.2. The maximum absolute atomic E-state index is 13.2. The van der Waals surface area contributed by atoms with Crippen LogP contribution in [0, 0.1) is 20.8 Å². The second-order valence-corrected chi connectivity index (χ2v) is 8.36. The number of H-pyrrole nitrogens is 1.